The summed E-state index contributed by atoms with van der Waals surface area (Å²) < 4.78 is 67.6. The van der Waals surface area contributed by atoms with Gasteiger partial charge in [-0.2, -0.15) is 0 Å². The predicted molar refractivity (Wildman–Crippen MR) is 160 cm³/mol. The molecular weight excluding hydrogens is 582 g/mol. The monoisotopic (exact) mass is 621 g/mol. The number of morpholine rings is 1. The second kappa shape index (κ2) is 14.6. The lowest BCUT2D eigenvalue weighted by Crippen LogP contribution is -2.43. The molecule has 2 aromatic carbocycles. The number of fused-ring (bicyclic) bond motifs is 1. The van der Waals surface area contributed by atoms with E-state index in [-0.39, 0.29) is 18.4 Å². The average Bonchev–Trinajstić information content (AvgIpc) is 3.03. The van der Waals surface area contributed by atoms with Crippen molar-refractivity contribution in [2.24, 2.45) is 5.41 Å². The van der Waals surface area contributed by atoms with Crippen LogP contribution in [0.3, 0.4) is 0 Å². The number of halogens is 4. The van der Waals surface area contributed by atoms with Gasteiger partial charge in [0.15, 0.2) is 17.5 Å². The molecular formula is C32H39F4N3O3S. The number of aromatic nitrogens is 1. The molecule has 6 nitrogen and oxygen atoms in total. The highest BCUT2D eigenvalue weighted by Crippen LogP contribution is 2.41. The lowest BCUT2D eigenvalue weighted by Gasteiger charge is -2.41. The Hall–Kier alpha value is -2.44. The van der Waals surface area contributed by atoms with E-state index in [4.69, 9.17) is 9.47 Å². The third kappa shape index (κ3) is 7.81. The molecule has 3 aromatic rings. The Balaban J connectivity index is 1.22. The van der Waals surface area contributed by atoms with E-state index in [9.17, 15) is 18.3 Å². The van der Waals surface area contributed by atoms with E-state index in [0.29, 0.717) is 54.7 Å². The quantitative estimate of drug-likeness (QED) is 0.148. The van der Waals surface area contributed by atoms with Gasteiger partial charge in [0.25, 0.3) is 0 Å². The van der Waals surface area contributed by atoms with Crippen LogP contribution in [0.15, 0.2) is 41.4 Å². The summed E-state index contributed by atoms with van der Waals surface area (Å²) in [5.74, 6) is -2.59. The van der Waals surface area contributed by atoms with Crippen LogP contribution in [0, 0.1) is 22.9 Å². The maximum Gasteiger partial charge on any atom is 0.194 e. The Morgan fingerprint density at radius 3 is 2.44 bits per heavy atom. The molecule has 43 heavy (non-hydrogen) atoms. The Morgan fingerprint density at radius 1 is 1.05 bits per heavy atom. The summed E-state index contributed by atoms with van der Waals surface area (Å²) in [6.07, 6.45) is 2.84. The largest absolute Gasteiger partial charge is 0.497 e. The van der Waals surface area contributed by atoms with Crippen molar-refractivity contribution in [3.8, 4) is 5.75 Å². The molecule has 5 rings (SSSR count). The first-order valence-corrected chi connectivity index (χ1v) is 15.8. The van der Waals surface area contributed by atoms with E-state index in [1.54, 1.807) is 13.3 Å². The first kappa shape index (κ1) is 32.0. The third-order valence-corrected chi connectivity index (χ3v) is 9.78. The number of benzene rings is 2. The number of nitrogens with zero attached hydrogens (tertiary/aromatic N) is 3. The number of thioether (sulfide) groups is 1. The molecule has 2 saturated heterocycles. The Bertz CT molecular complexity index is 1360. The molecule has 0 radical (unpaired) electrons. The van der Waals surface area contributed by atoms with Gasteiger partial charge < -0.3 is 19.5 Å². The van der Waals surface area contributed by atoms with E-state index in [0.717, 1.165) is 67.6 Å². The van der Waals surface area contributed by atoms with E-state index >= 15 is 4.39 Å². The van der Waals surface area contributed by atoms with Crippen molar-refractivity contribution < 1.29 is 32.1 Å². The van der Waals surface area contributed by atoms with Crippen molar-refractivity contribution in [3.63, 3.8) is 0 Å². The molecule has 0 amide bonds. The molecule has 2 aliphatic rings. The summed E-state index contributed by atoms with van der Waals surface area (Å²) >= 11 is 1.27. The number of piperidine rings is 1. The van der Waals surface area contributed by atoms with Gasteiger partial charge in [-0.15, -0.1) is 11.8 Å². The number of likely N-dealkylation sites (tertiary alicyclic amines) is 1. The highest BCUT2D eigenvalue weighted by atomic mass is 32.2. The first-order chi connectivity index (χ1) is 20.8. The number of rotatable bonds is 12. The van der Waals surface area contributed by atoms with E-state index in [1.165, 1.54) is 11.8 Å². The minimum absolute atomic E-state index is 0.0119. The average molecular weight is 622 g/mol. The zero-order valence-corrected chi connectivity index (χ0v) is 25.3. The number of alkyl halides is 1. The second-order valence-electron chi connectivity index (χ2n) is 11.5. The van der Waals surface area contributed by atoms with Crippen LogP contribution >= 0.6 is 11.8 Å². The number of hydrogen-bond donors (Lipinski definition) is 1. The molecule has 0 bridgehead atoms. The van der Waals surface area contributed by atoms with Gasteiger partial charge in [0, 0.05) is 60.6 Å². The number of aliphatic hydroxyl groups excluding tert-OH is 1. The number of pyridine rings is 1. The molecule has 1 atom stereocenters. The van der Waals surface area contributed by atoms with Crippen LogP contribution in [0.4, 0.5) is 17.6 Å². The van der Waals surface area contributed by atoms with Gasteiger partial charge in [-0.25, -0.2) is 17.6 Å². The number of aliphatic hydroxyl groups is 1. The highest BCUT2D eigenvalue weighted by molar-refractivity contribution is 7.99. The summed E-state index contributed by atoms with van der Waals surface area (Å²) in [6, 6.07) is 7.57. The van der Waals surface area contributed by atoms with Gasteiger partial charge in [-0.3, -0.25) is 9.88 Å². The van der Waals surface area contributed by atoms with Crippen LogP contribution in [0.2, 0.25) is 0 Å². The Morgan fingerprint density at radius 2 is 1.77 bits per heavy atom. The first-order valence-electron chi connectivity index (χ1n) is 14.8. The zero-order chi connectivity index (χ0) is 30.4. The molecule has 1 aromatic heterocycles. The number of methoxy groups -OCH3 is 1. The van der Waals surface area contributed by atoms with Gasteiger partial charge in [-0.1, -0.05) is 0 Å². The van der Waals surface area contributed by atoms with Crippen LogP contribution < -0.4 is 4.74 Å². The zero-order valence-electron chi connectivity index (χ0n) is 24.5. The number of ether oxygens (including phenoxy) is 2. The van der Waals surface area contributed by atoms with E-state index in [1.807, 2.05) is 18.2 Å². The van der Waals surface area contributed by atoms with E-state index < -0.39 is 23.6 Å². The smallest absolute Gasteiger partial charge is 0.194 e. The van der Waals surface area contributed by atoms with Gasteiger partial charge in [0.2, 0.25) is 0 Å². The molecule has 1 N–H and O–H groups in total. The summed E-state index contributed by atoms with van der Waals surface area (Å²) in [5.41, 5.74) is 1.86. The molecule has 234 valence electrons. The van der Waals surface area contributed by atoms with Gasteiger partial charge in [0.05, 0.1) is 25.8 Å². The van der Waals surface area contributed by atoms with E-state index in [2.05, 4.69) is 14.8 Å². The fraction of sp³-hybridized carbons (Fsp3) is 0.531. The summed E-state index contributed by atoms with van der Waals surface area (Å²) in [5, 5.41) is 11.2. The third-order valence-electron chi connectivity index (χ3n) is 8.82. The maximum atomic E-state index is 16.4. The van der Waals surface area contributed by atoms with Crippen LogP contribution in [-0.2, 0) is 11.3 Å². The van der Waals surface area contributed by atoms with Gasteiger partial charge in [0.1, 0.15) is 11.9 Å². The molecule has 0 saturated carbocycles. The minimum atomic E-state index is -1.46. The maximum absolute atomic E-state index is 16.4. The van der Waals surface area contributed by atoms with Crippen molar-refractivity contribution in [1.29, 1.82) is 0 Å². The van der Waals surface area contributed by atoms with Crippen molar-refractivity contribution in [2.45, 2.75) is 43.3 Å². The van der Waals surface area contributed by atoms with Crippen LogP contribution in [-0.4, -0.2) is 85.3 Å². The fourth-order valence-corrected chi connectivity index (χ4v) is 7.04. The molecule has 0 aliphatic carbocycles. The van der Waals surface area contributed by atoms with Crippen LogP contribution in [0.1, 0.15) is 43.0 Å². The fourth-order valence-electron chi connectivity index (χ4n) is 6.08. The normalized spacial score (nSPS) is 18.7. The predicted octanol–water partition coefficient (Wildman–Crippen LogP) is 6.15. The van der Waals surface area contributed by atoms with Gasteiger partial charge in [-0.05, 0) is 80.1 Å². The lowest BCUT2D eigenvalue weighted by atomic mass is 9.74. The summed E-state index contributed by atoms with van der Waals surface area (Å²) in [6.45, 7) is 5.62. The second-order valence-corrected chi connectivity index (χ2v) is 12.7. The summed E-state index contributed by atoms with van der Waals surface area (Å²) in [4.78, 5) is 9.48. The standard InChI is InChI=1S/C32H39F4N3O3S/c1-41-23-2-3-29-25(16-23)30(22(19-37-29)20-39-10-13-42-14-11-39)26(33)4-5-32(21-40)6-8-38(9-7-32)12-15-43-24-17-27(34)31(36)28(35)18-24/h2-3,16-19,26,40H,4-15,20-21H2,1H3/t26-/m1/s1. The summed E-state index contributed by atoms with van der Waals surface area (Å²) in [7, 11) is 1.59. The minimum Gasteiger partial charge on any atom is -0.497 e. The number of hydrogen-bond acceptors (Lipinski definition) is 7. The van der Waals surface area contributed by atoms with Gasteiger partial charge >= 0.3 is 0 Å². The van der Waals surface area contributed by atoms with Crippen LogP contribution in [0.5, 0.6) is 5.75 Å². The SMILES string of the molecule is COc1ccc2ncc(CN3CCOCC3)c([C@H](F)CCC3(CO)CCN(CCSc4cc(F)c(F)c(F)c4)CC3)c2c1. The molecule has 2 aliphatic heterocycles. The molecule has 2 fully saturated rings. The van der Waals surface area contributed by atoms with Crippen molar-refractivity contribution in [2.75, 3.05) is 65.4 Å². The van der Waals surface area contributed by atoms with Crippen molar-refractivity contribution >= 4 is 22.7 Å². The Labute approximate surface area is 254 Å². The van der Waals surface area contributed by atoms with Crippen LogP contribution in [0.25, 0.3) is 10.9 Å². The molecule has 3 heterocycles. The lowest BCUT2D eigenvalue weighted by molar-refractivity contribution is 0.0311. The molecule has 0 unspecified atom stereocenters. The highest BCUT2D eigenvalue weighted by Gasteiger charge is 2.35. The van der Waals surface area contributed by atoms with Crippen molar-refractivity contribution in [3.05, 3.63) is 65.1 Å². The Kier molecular flexibility index (Phi) is 10.8. The van der Waals surface area contributed by atoms with Crippen molar-refractivity contribution in [1.82, 2.24) is 14.8 Å². The molecule has 11 heteroatoms. The molecule has 0 spiro atoms. The topological polar surface area (TPSA) is 58.1 Å².